The van der Waals surface area contributed by atoms with Gasteiger partial charge in [0.15, 0.2) is 0 Å². The zero-order valence-electron chi connectivity index (χ0n) is 18.6. The van der Waals surface area contributed by atoms with E-state index in [1.165, 1.54) is 14.2 Å². The molecule has 7 nitrogen and oxygen atoms in total. The first kappa shape index (κ1) is 22.7. The Morgan fingerprint density at radius 3 is 2.67 bits per heavy atom. The molecule has 1 fully saturated rings. The number of hydrogen-bond acceptors (Lipinski definition) is 4. The number of ether oxygens (including phenoxy) is 2. The van der Waals surface area contributed by atoms with Crippen molar-refractivity contribution in [3.05, 3.63) is 58.7 Å². The van der Waals surface area contributed by atoms with Crippen molar-refractivity contribution in [3.63, 3.8) is 0 Å². The normalized spacial score (nSPS) is 16.2. The molecule has 0 saturated carbocycles. The molecule has 2 N–H and O–H groups in total. The summed E-state index contributed by atoms with van der Waals surface area (Å²) in [6.45, 7) is 2.96. The van der Waals surface area contributed by atoms with E-state index in [1.807, 2.05) is 25.1 Å². The number of H-pyrrole nitrogens is 1. The highest BCUT2D eigenvalue weighted by atomic mass is 19.1. The summed E-state index contributed by atoms with van der Waals surface area (Å²) >= 11 is 0. The highest BCUT2D eigenvalue weighted by molar-refractivity contribution is 5.96. The number of aromatic nitrogens is 1. The van der Waals surface area contributed by atoms with Gasteiger partial charge in [0.1, 0.15) is 11.6 Å². The van der Waals surface area contributed by atoms with Gasteiger partial charge in [-0.1, -0.05) is 12.1 Å². The summed E-state index contributed by atoms with van der Waals surface area (Å²) < 4.78 is 41.0. The molecule has 2 amide bonds. The number of fused-ring (bicyclic) bond motifs is 1. The summed E-state index contributed by atoms with van der Waals surface area (Å²) in [7, 11) is 2.72. The topological polar surface area (TPSA) is 83.7 Å². The van der Waals surface area contributed by atoms with Crippen molar-refractivity contribution in [1.29, 1.82) is 0 Å². The van der Waals surface area contributed by atoms with Crippen LogP contribution in [0.15, 0.2) is 30.3 Å². The van der Waals surface area contributed by atoms with Crippen molar-refractivity contribution in [2.45, 2.75) is 19.4 Å². The predicted molar refractivity (Wildman–Crippen MR) is 119 cm³/mol. The summed E-state index contributed by atoms with van der Waals surface area (Å²) in [5.41, 5.74) is 2.30. The molecule has 3 aromatic rings. The molecule has 2 aromatic carbocycles. The van der Waals surface area contributed by atoms with Gasteiger partial charge in [-0.3, -0.25) is 4.79 Å². The van der Waals surface area contributed by atoms with Gasteiger partial charge in [-0.15, -0.1) is 0 Å². The van der Waals surface area contributed by atoms with E-state index in [9.17, 15) is 9.59 Å². The van der Waals surface area contributed by atoms with Crippen molar-refractivity contribution in [2.24, 2.45) is 0 Å². The van der Waals surface area contributed by atoms with Gasteiger partial charge >= 0.3 is 6.09 Å². The van der Waals surface area contributed by atoms with Gasteiger partial charge in [0, 0.05) is 36.5 Å². The number of nitrogens with zero attached hydrogens (tertiary/aromatic N) is 1. The number of nitrogens with one attached hydrogen (secondary N) is 2. The molecule has 9 heteroatoms. The lowest BCUT2D eigenvalue weighted by Gasteiger charge is -2.32. The van der Waals surface area contributed by atoms with E-state index in [1.54, 1.807) is 4.90 Å². The van der Waals surface area contributed by atoms with Crippen LogP contribution < -0.4 is 5.32 Å². The second kappa shape index (κ2) is 9.19. The average molecular weight is 457 g/mol. The van der Waals surface area contributed by atoms with Gasteiger partial charge in [0.2, 0.25) is 0 Å². The number of morpholine rings is 1. The molecule has 0 unspecified atom stereocenters. The molecule has 0 radical (unpaired) electrons. The van der Waals surface area contributed by atoms with Crippen molar-refractivity contribution >= 4 is 22.9 Å². The Morgan fingerprint density at radius 1 is 1.27 bits per heavy atom. The van der Waals surface area contributed by atoms with Crippen molar-refractivity contribution < 1.29 is 27.8 Å². The molecule has 1 aromatic heterocycles. The number of aryl methyl sites for hydroxylation is 1. The first-order chi connectivity index (χ1) is 15.8. The fourth-order valence-corrected chi connectivity index (χ4v) is 4.38. The zero-order valence-corrected chi connectivity index (χ0v) is 18.6. The van der Waals surface area contributed by atoms with Crippen LogP contribution in [-0.4, -0.2) is 61.8 Å². The molecule has 1 atom stereocenters. The second-order valence-corrected chi connectivity index (χ2v) is 7.98. The van der Waals surface area contributed by atoms with Crippen molar-refractivity contribution in [1.82, 2.24) is 15.2 Å². The van der Waals surface area contributed by atoms with E-state index >= 15 is 8.78 Å². The third-order valence-corrected chi connectivity index (χ3v) is 5.92. The Hall–Kier alpha value is -3.46. The number of carbonyl (C=O) groups is 2. The number of aromatic amines is 1. The van der Waals surface area contributed by atoms with Gasteiger partial charge in [-0.05, 0) is 36.2 Å². The van der Waals surface area contributed by atoms with Crippen LogP contribution in [0.2, 0.25) is 0 Å². The smallest absolute Gasteiger partial charge is 0.409 e. The molecule has 0 spiro atoms. The van der Waals surface area contributed by atoms with E-state index in [0.717, 1.165) is 28.6 Å². The maximum absolute atomic E-state index is 15.2. The molecule has 1 saturated heterocycles. The number of methoxy groups -OCH3 is 1. The minimum Gasteiger partial charge on any atom is -0.453 e. The number of halogens is 2. The molecule has 174 valence electrons. The van der Waals surface area contributed by atoms with Crippen LogP contribution in [0.1, 0.15) is 21.5 Å². The maximum atomic E-state index is 15.2. The Labute approximate surface area is 189 Å². The SMILES string of the molecule is CNC(=O)c1cc(F)c(-c2[nH]c3cccc(C)c3c2C[C@H]2CN(C(=O)OC)CCO2)c(F)c1. The van der Waals surface area contributed by atoms with Crippen LogP contribution in [0.3, 0.4) is 0 Å². The van der Waals surface area contributed by atoms with Gasteiger partial charge in [0.25, 0.3) is 5.91 Å². The summed E-state index contributed by atoms with van der Waals surface area (Å²) in [5.74, 6) is -2.27. The first-order valence-electron chi connectivity index (χ1n) is 10.6. The molecule has 1 aliphatic rings. The average Bonchev–Trinajstić information content (AvgIpc) is 3.16. The van der Waals surface area contributed by atoms with Crippen LogP contribution in [-0.2, 0) is 15.9 Å². The lowest BCUT2D eigenvalue weighted by atomic mass is 9.96. The number of amides is 2. The molecule has 2 heterocycles. The Morgan fingerprint density at radius 2 is 2.00 bits per heavy atom. The number of hydrogen-bond donors (Lipinski definition) is 2. The van der Waals surface area contributed by atoms with Crippen LogP contribution in [0.4, 0.5) is 13.6 Å². The molecule has 33 heavy (non-hydrogen) atoms. The summed E-state index contributed by atoms with van der Waals surface area (Å²) in [5, 5.41) is 3.22. The number of benzene rings is 2. The van der Waals surface area contributed by atoms with Gasteiger partial charge in [-0.25, -0.2) is 13.6 Å². The van der Waals surface area contributed by atoms with Gasteiger partial charge in [-0.2, -0.15) is 0 Å². The van der Waals surface area contributed by atoms with Crippen molar-refractivity contribution in [2.75, 3.05) is 33.9 Å². The summed E-state index contributed by atoms with van der Waals surface area (Å²) in [4.78, 5) is 28.6. The number of carbonyl (C=O) groups excluding carboxylic acids is 2. The zero-order chi connectivity index (χ0) is 23.7. The molecule has 4 rings (SSSR count). The van der Waals surface area contributed by atoms with Crippen LogP contribution in [0, 0.1) is 18.6 Å². The Bertz CT molecular complexity index is 1200. The van der Waals surface area contributed by atoms with E-state index in [4.69, 9.17) is 9.47 Å². The first-order valence-corrected chi connectivity index (χ1v) is 10.6. The van der Waals surface area contributed by atoms with Crippen LogP contribution in [0.5, 0.6) is 0 Å². The molecule has 1 aliphatic heterocycles. The fraction of sp³-hybridized carbons (Fsp3) is 0.333. The Kier molecular flexibility index (Phi) is 6.33. The van der Waals surface area contributed by atoms with E-state index < -0.39 is 23.6 Å². The van der Waals surface area contributed by atoms with Gasteiger partial charge in [0.05, 0.1) is 37.6 Å². The molecule has 0 aliphatic carbocycles. The quantitative estimate of drug-likeness (QED) is 0.625. The third-order valence-electron chi connectivity index (χ3n) is 5.92. The summed E-state index contributed by atoms with van der Waals surface area (Å²) in [6, 6.07) is 7.67. The largest absolute Gasteiger partial charge is 0.453 e. The van der Waals surface area contributed by atoms with Gasteiger partial charge < -0.3 is 24.7 Å². The lowest BCUT2D eigenvalue weighted by Crippen LogP contribution is -2.46. The maximum Gasteiger partial charge on any atom is 0.409 e. The van der Waals surface area contributed by atoms with Crippen LogP contribution >= 0.6 is 0 Å². The van der Waals surface area contributed by atoms with Crippen LogP contribution in [0.25, 0.3) is 22.2 Å². The third kappa shape index (κ3) is 4.28. The standard InChI is InChI=1S/C24H25F2N3O4/c1-13-5-4-6-19-20(13)16(11-15-12-29(7-8-33-15)24(31)32-3)22(28-19)21-17(25)9-14(10-18(21)26)23(30)27-2/h4-6,9-10,15,28H,7-8,11-12H2,1-3H3,(H,27,30)/t15-/m0/s1. The summed E-state index contributed by atoms with van der Waals surface area (Å²) in [6.07, 6.45) is -0.504. The van der Waals surface area contributed by atoms with E-state index in [0.29, 0.717) is 31.7 Å². The number of rotatable bonds is 4. The second-order valence-electron chi connectivity index (χ2n) is 7.98. The lowest BCUT2D eigenvalue weighted by molar-refractivity contribution is -0.0235. The fourth-order valence-electron chi connectivity index (χ4n) is 4.38. The highest BCUT2D eigenvalue weighted by Gasteiger charge is 2.29. The predicted octanol–water partition coefficient (Wildman–Crippen LogP) is 3.79. The monoisotopic (exact) mass is 457 g/mol. The molecular weight excluding hydrogens is 432 g/mol. The molecule has 0 bridgehead atoms. The highest BCUT2D eigenvalue weighted by Crippen LogP contribution is 2.37. The Balaban J connectivity index is 1.81. The minimum atomic E-state index is -0.847. The van der Waals surface area contributed by atoms with E-state index in [2.05, 4.69) is 10.3 Å². The van der Waals surface area contributed by atoms with Crippen molar-refractivity contribution in [3.8, 4) is 11.3 Å². The minimum absolute atomic E-state index is 0.102. The molecular formula is C24H25F2N3O4. The van der Waals surface area contributed by atoms with E-state index in [-0.39, 0.29) is 22.9 Å².